The number of hydrogen-bond donors (Lipinski definition) is 1. The molecule has 0 aliphatic carbocycles. The van der Waals surface area contributed by atoms with Gasteiger partial charge in [0.15, 0.2) is 5.75 Å². The van der Waals surface area contributed by atoms with Crippen LogP contribution in [0, 0.1) is 0 Å². The highest BCUT2D eigenvalue weighted by molar-refractivity contribution is 5.94. The fourth-order valence-corrected chi connectivity index (χ4v) is 1.89. The summed E-state index contributed by atoms with van der Waals surface area (Å²) in [5.41, 5.74) is 7.76. The van der Waals surface area contributed by atoms with Crippen molar-refractivity contribution in [3.63, 3.8) is 0 Å². The third-order valence-corrected chi connectivity index (χ3v) is 2.98. The summed E-state index contributed by atoms with van der Waals surface area (Å²) in [6.07, 6.45) is 0.908. The van der Waals surface area contributed by atoms with Gasteiger partial charge in [-0.1, -0.05) is 25.1 Å². The van der Waals surface area contributed by atoms with Crippen molar-refractivity contribution in [1.29, 1.82) is 0 Å². The second kappa shape index (κ2) is 6.10. The zero-order valence-electron chi connectivity index (χ0n) is 11.6. The van der Waals surface area contributed by atoms with E-state index >= 15 is 0 Å². The lowest BCUT2D eigenvalue weighted by Crippen LogP contribution is -2.05. The molecule has 2 N–H and O–H groups in total. The number of benzene rings is 2. The number of rotatable bonds is 4. The first-order valence-corrected chi connectivity index (χ1v) is 6.39. The average molecular weight is 271 g/mol. The quantitative estimate of drug-likeness (QED) is 0.683. The van der Waals surface area contributed by atoms with Gasteiger partial charge in [-0.05, 0) is 36.2 Å². The Kier molecular flexibility index (Phi) is 4.25. The third-order valence-electron chi connectivity index (χ3n) is 2.98. The highest BCUT2D eigenvalue weighted by Gasteiger charge is 2.16. The van der Waals surface area contributed by atoms with E-state index in [4.69, 9.17) is 15.2 Å². The fourth-order valence-electron chi connectivity index (χ4n) is 1.89. The van der Waals surface area contributed by atoms with Gasteiger partial charge in [-0.15, -0.1) is 0 Å². The third kappa shape index (κ3) is 2.91. The molecule has 0 unspecified atom stereocenters. The van der Waals surface area contributed by atoms with Crippen LogP contribution in [0.25, 0.3) is 0 Å². The summed E-state index contributed by atoms with van der Waals surface area (Å²) in [6.45, 7) is 2.07. The molecule has 0 atom stereocenters. The number of esters is 1. The number of para-hydroxylation sites is 1. The summed E-state index contributed by atoms with van der Waals surface area (Å²) < 4.78 is 10.5. The van der Waals surface area contributed by atoms with Gasteiger partial charge in [0, 0.05) is 0 Å². The van der Waals surface area contributed by atoms with Crippen molar-refractivity contribution in [2.24, 2.45) is 0 Å². The van der Waals surface area contributed by atoms with E-state index in [9.17, 15) is 4.79 Å². The highest BCUT2D eigenvalue weighted by atomic mass is 16.5. The van der Waals surface area contributed by atoms with Gasteiger partial charge in [0.05, 0.1) is 12.8 Å². The first kappa shape index (κ1) is 13.9. The number of ether oxygens (including phenoxy) is 2. The van der Waals surface area contributed by atoms with Crippen LogP contribution in [0.2, 0.25) is 0 Å². The summed E-state index contributed by atoms with van der Waals surface area (Å²) in [4.78, 5) is 11.7. The number of carbonyl (C=O) groups excluding carboxylic acids is 1. The summed E-state index contributed by atoms with van der Waals surface area (Å²) in [5.74, 6) is 0.499. The van der Waals surface area contributed by atoms with Gasteiger partial charge in [-0.2, -0.15) is 0 Å². The van der Waals surface area contributed by atoms with Crippen LogP contribution in [0.5, 0.6) is 11.5 Å². The van der Waals surface area contributed by atoms with Gasteiger partial charge < -0.3 is 15.2 Å². The molecule has 0 radical (unpaired) electrons. The number of nitrogens with two attached hydrogens (primary N) is 1. The standard InChI is InChI=1S/C16H17NO3/c1-3-11-6-4-7-12(10-11)20-15-13(16(18)19-2)8-5-9-14(15)17/h4-10H,3,17H2,1-2H3. The van der Waals surface area contributed by atoms with Crippen LogP contribution in [0.3, 0.4) is 0 Å². The predicted molar refractivity (Wildman–Crippen MR) is 78.1 cm³/mol. The average Bonchev–Trinajstić information content (AvgIpc) is 2.48. The zero-order valence-corrected chi connectivity index (χ0v) is 11.6. The molecular formula is C16H17NO3. The molecule has 2 aromatic rings. The maximum Gasteiger partial charge on any atom is 0.341 e. The molecular weight excluding hydrogens is 254 g/mol. The molecule has 0 spiro atoms. The number of aryl methyl sites for hydroxylation is 1. The zero-order chi connectivity index (χ0) is 14.5. The lowest BCUT2D eigenvalue weighted by Gasteiger charge is -2.12. The van der Waals surface area contributed by atoms with Gasteiger partial charge in [-0.25, -0.2) is 4.79 Å². The number of hydrogen-bond acceptors (Lipinski definition) is 4. The van der Waals surface area contributed by atoms with Crippen LogP contribution in [0.4, 0.5) is 5.69 Å². The van der Waals surface area contributed by atoms with E-state index in [0.29, 0.717) is 22.7 Å². The normalized spacial score (nSPS) is 10.1. The Balaban J connectivity index is 2.39. The molecule has 20 heavy (non-hydrogen) atoms. The molecule has 0 saturated heterocycles. The van der Waals surface area contributed by atoms with Gasteiger partial charge in [0.25, 0.3) is 0 Å². The van der Waals surface area contributed by atoms with E-state index in [1.165, 1.54) is 7.11 Å². The molecule has 0 aliphatic rings. The molecule has 2 rings (SSSR count). The Hall–Kier alpha value is -2.49. The number of carbonyl (C=O) groups is 1. The molecule has 104 valence electrons. The van der Waals surface area contributed by atoms with Crippen LogP contribution in [-0.2, 0) is 11.2 Å². The van der Waals surface area contributed by atoms with Crippen LogP contribution < -0.4 is 10.5 Å². The summed E-state index contributed by atoms with van der Waals surface area (Å²) in [5, 5.41) is 0. The van der Waals surface area contributed by atoms with E-state index in [-0.39, 0.29) is 0 Å². The van der Waals surface area contributed by atoms with Gasteiger partial charge in [0.1, 0.15) is 11.3 Å². The largest absolute Gasteiger partial charge is 0.465 e. The van der Waals surface area contributed by atoms with Crippen LogP contribution >= 0.6 is 0 Å². The number of anilines is 1. The van der Waals surface area contributed by atoms with E-state index in [0.717, 1.165) is 12.0 Å². The molecule has 0 saturated carbocycles. The summed E-state index contributed by atoms with van der Waals surface area (Å²) >= 11 is 0. The molecule has 2 aromatic carbocycles. The Morgan fingerprint density at radius 2 is 1.95 bits per heavy atom. The maximum atomic E-state index is 11.7. The summed E-state index contributed by atoms with van der Waals surface area (Å²) in [6, 6.07) is 12.7. The molecule has 4 heteroatoms. The van der Waals surface area contributed by atoms with Crippen LogP contribution in [-0.4, -0.2) is 13.1 Å². The molecule has 0 heterocycles. The van der Waals surface area contributed by atoms with E-state index < -0.39 is 5.97 Å². The minimum Gasteiger partial charge on any atom is -0.465 e. The van der Waals surface area contributed by atoms with Gasteiger partial charge in [0.2, 0.25) is 0 Å². The predicted octanol–water partition coefficient (Wildman–Crippen LogP) is 3.41. The number of nitrogen functional groups attached to an aromatic ring is 1. The van der Waals surface area contributed by atoms with Crippen molar-refractivity contribution < 1.29 is 14.3 Å². The van der Waals surface area contributed by atoms with Crippen molar-refractivity contribution in [1.82, 2.24) is 0 Å². The molecule has 4 nitrogen and oxygen atoms in total. The van der Waals surface area contributed by atoms with Crippen molar-refractivity contribution in [3.05, 3.63) is 53.6 Å². The Bertz CT molecular complexity index is 623. The van der Waals surface area contributed by atoms with Crippen molar-refractivity contribution in [2.75, 3.05) is 12.8 Å². The lowest BCUT2D eigenvalue weighted by molar-refractivity contribution is 0.0598. The first-order valence-electron chi connectivity index (χ1n) is 6.39. The second-order valence-electron chi connectivity index (χ2n) is 4.32. The molecule has 0 fully saturated rings. The van der Waals surface area contributed by atoms with E-state index in [2.05, 4.69) is 6.92 Å². The van der Waals surface area contributed by atoms with Crippen molar-refractivity contribution >= 4 is 11.7 Å². The Morgan fingerprint density at radius 1 is 1.20 bits per heavy atom. The van der Waals surface area contributed by atoms with E-state index in [1.807, 2.05) is 24.3 Å². The van der Waals surface area contributed by atoms with Gasteiger partial charge in [-0.3, -0.25) is 0 Å². The Labute approximate surface area is 118 Å². The minimum atomic E-state index is -0.473. The SMILES string of the molecule is CCc1cccc(Oc2c(N)cccc2C(=O)OC)c1. The van der Waals surface area contributed by atoms with Crippen LogP contribution in [0.15, 0.2) is 42.5 Å². The highest BCUT2D eigenvalue weighted by Crippen LogP contribution is 2.32. The van der Waals surface area contributed by atoms with Crippen LogP contribution in [0.1, 0.15) is 22.8 Å². The number of methoxy groups -OCH3 is 1. The smallest absolute Gasteiger partial charge is 0.341 e. The monoisotopic (exact) mass is 271 g/mol. The molecule has 0 aromatic heterocycles. The molecule has 0 amide bonds. The topological polar surface area (TPSA) is 61.5 Å². The van der Waals surface area contributed by atoms with Crippen molar-refractivity contribution in [3.8, 4) is 11.5 Å². The fraction of sp³-hybridized carbons (Fsp3) is 0.188. The Morgan fingerprint density at radius 3 is 2.65 bits per heavy atom. The lowest BCUT2D eigenvalue weighted by atomic mass is 10.1. The summed E-state index contributed by atoms with van der Waals surface area (Å²) in [7, 11) is 1.33. The minimum absolute atomic E-state index is 0.314. The molecule has 0 aliphatic heterocycles. The second-order valence-corrected chi connectivity index (χ2v) is 4.32. The van der Waals surface area contributed by atoms with Crippen molar-refractivity contribution in [2.45, 2.75) is 13.3 Å². The maximum absolute atomic E-state index is 11.7. The van der Waals surface area contributed by atoms with E-state index in [1.54, 1.807) is 18.2 Å². The first-order chi connectivity index (χ1) is 9.65. The molecule has 0 bridgehead atoms. The van der Waals surface area contributed by atoms with Gasteiger partial charge >= 0.3 is 5.97 Å².